The summed E-state index contributed by atoms with van der Waals surface area (Å²) >= 11 is 0. The maximum atomic E-state index is 10.6. The molecular formula is C8H17ClN2O2. The van der Waals surface area contributed by atoms with E-state index < -0.39 is 5.97 Å². The topological polar surface area (TPSA) is 43.8 Å². The van der Waals surface area contributed by atoms with Gasteiger partial charge in [-0.25, -0.2) is 0 Å². The predicted molar refractivity (Wildman–Crippen MR) is 53.4 cm³/mol. The lowest BCUT2D eigenvalue weighted by Gasteiger charge is -2.34. The number of aliphatic carboxylic acids is 1. The summed E-state index contributed by atoms with van der Waals surface area (Å²) in [5.41, 5.74) is 0. The van der Waals surface area contributed by atoms with E-state index in [2.05, 4.69) is 11.9 Å². The zero-order chi connectivity index (χ0) is 9.14. The molecule has 1 aliphatic rings. The molecule has 13 heavy (non-hydrogen) atoms. The van der Waals surface area contributed by atoms with Gasteiger partial charge < -0.3 is 10.0 Å². The number of likely N-dealkylation sites (N-methyl/N-ethyl adjacent to an activating group) is 1. The fourth-order valence-electron chi connectivity index (χ4n) is 1.37. The SMILES string of the molecule is CC(C(=O)O)N1CCN(C)CC1.Cl. The number of carbonyl (C=O) groups is 1. The molecule has 0 saturated carbocycles. The van der Waals surface area contributed by atoms with Crippen molar-refractivity contribution in [2.45, 2.75) is 13.0 Å². The van der Waals surface area contributed by atoms with Crippen molar-refractivity contribution < 1.29 is 9.90 Å². The van der Waals surface area contributed by atoms with Crippen LogP contribution in [0.1, 0.15) is 6.92 Å². The minimum absolute atomic E-state index is 0. The molecule has 1 heterocycles. The molecular weight excluding hydrogens is 192 g/mol. The number of nitrogens with zero attached hydrogens (tertiary/aromatic N) is 2. The van der Waals surface area contributed by atoms with Crippen LogP contribution in [0, 0.1) is 0 Å². The Hall–Kier alpha value is -0.320. The van der Waals surface area contributed by atoms with E-state index in [1.165, 1.54) is 0 Å². The first kappa shape index (κ1) is 12.7. The molecule has 1 N–H and O–H groups in total. The van der Waals surface area contributed by atoms with Crippen molar-refractivity contribution in [2.75, 3.05) is 33.2 Å². The highest BCUT2D eigenvalue weighted by Gasteiger charge is 2.23. The van der Waals surface area contributed by atoms with Gasteiger partial charge in [0.15, 0.2) is 0 Å². The van der Waals surface area contributed by atoms with Crippen molar-refractivity contribution in [3.8, 4) is 0 Å². The lowest BCUT2D eigenvalue weighted by Crippen LogP contribution is -2.50. The van der Waals surface area contributed by atoms with E-state index >= 15 is 0 Å². The van der Waals surface area contributed by atoms with Gasteiger partial charge in [-0.05, 0) is 14.0 Å². The van der Waals surface area contributed by atoms with Gasteiger partial charge in [0.1, 0.15) is 6.04 Å². The van der Waals surface area contributed by atoms with E-state index in [9.17, 15) is 4.79 Å². The van der Waals surface area contributed by atoms with Crippen LogP contribution in [0.3, 0.4) is 0 Å². The molecule has 0 aromatic heterocycles. The first-order valence-electron chi connectivity index (χ1n) is 4.26. The summed E-state index contributed by atoms with van der Waals surface area (Å²) in [4.78, 5) is 14.8. The van der Waals surface area contributed by atoms with Crippen molar-refractivity contribution in [3.05, 3.63) is 0 Å². The van der Waals surface area contributed by atoms with Gasteiger partial charge in [-0.1, -0.05) is 0 Å². The van der Waals surface area contributed by atoms with E-state index in [4.69, 9.17) is 5.11 Å². The monoisotopic (exact) mass is 208 g/mol. The highest BCUT2D eigenvalue weighted by Crippen LogP contribution is 2.04. The highest BCUT2D eigenvalue weighted by atomic mass is 35.5. The Bertz CT molecular complexity index is 170. The summed E-state index contributed by atoms with van der Waals surface area (Å²) in [5, 5.41) is 8.74. The Labute approximate surface area is 84.9 Å². The number of hydrogen-bond donors (Lipinski definition) is 1. The second-order valence-corrected chi connectivity index (χ2v) is 3.35. The lowest BCUT2D eigenvalue weighted by atomic mass is 10.2. The van der Waals surface area contributed by atoms with Crippen LogP contribution in [0.25, 0.3) is 0 Å². The normalized spacial score (nSPS) is 22.0. The zero-order valence-corrected chi connectivity index (χ0v) is 8.88. The maximum absolute atomic E-state index is 10.6. The fraction of sp³-hybridized carbons (Fsp3) is 0.875. The number of carboxylic acids is 1. The average molecular weight is 209 g/mol. The molecule has 5 heteroatoms. The van der Waals surface area contributed by atoms with Crippen LogP contribution >= 0.6 is 12.4 Å². The molecule has 1 aliphatic heterocycles. The first-order valence-corrected chi connectivity index (χ1v) is 4.26. The van der Waals surface area contributed by atoms with Crippen LogP contribution < -0.4 is 0 Å². The Balaban J connectivity index is 0.00000144. The van der Waals surface area contributed by atoms with E-state index in [-0.39, 0.29) is 18.4 Å². The summed E-state index contributed by atoms with van der Waals surface area (Å²) < 4.78 is 0. The molecule has 0 aromatic rings. The smallest absolute Gasteiger partial charge is 0.320 e. The Kier molecular flexibility index (Phi) is 5.29. The van der Waals surface area contributed by atoms with Crippen molar-refractivity contribution >= 4 is 18.4 Å². The molecule has 1 saturated heterocycles. The summed E-state index contributed by atoms with van der Waals surface area (Å²) in [5.74, 6) is -0.723. The van der Waals surface area contributed by atoms with Crippen LogP contribution in [0.5, 0.6) is 0 Å². The third-order valence-corrected chi connectivity index (χ3v) is 2.44. The summed E-state index contributed by atoms with van der Waals surface area (Å²) in [7, 11) is 2.06. The summed E-state index contributed by atoms with van der Waals surface area (Å²) in [6.07, 6.45) is 0. The van der Waals surface area contributed by atoms with Crippen LogP contribution in [-0.2, 0) is 4.79 Å². The third kappa shape index (κ3) is 3.50. The molecule has 0 spiro atoms. The lowest BCUT2D eigenvalue weighted by molar-refractivity contribution is -0.143. The maximum Gasteiger partial charge on any atom is 0.320 e. The average Bonchev–Trinajstić information content (AvgIpc) is 2.04. The van der Waals surface area contributed by atoms with Crippen molar-refractivity contribution in [3.63, 3.8) is 0 Å². The molecule has 78 valence electrons. The number of halogens is 1. The molecule has 1 fully saturated rings. The second kappa shape index (κ2) is 5.42. The molecule has 0 aliphatic carbocycles. The molecule has 4 nitrogen and oxygen atoms in total. The predicted octanol–water partition coefficient (Wildman–Crippen LogP) is 0.129. The second-order valence-electron chi connectivity index (χ2n) is 3.35. The van der Waals surface area contributed by atoms with Gasteiger partial charge in [0.2, 0.25) is 0 Å². The fourth-order valence-corrected chi connectivity index (χ4v) is 1.37. The molecule has 1 unspecified atom stereocenters. The van der Waals surface area contributed by atoms with Gasteiger partial charge in [0.05, 0.1) is 0 Å². The quantitative estimate of drug-likeness (QED) is 0.701. The Morgan fingerprint density at radius 2 is 1.77 bits per heavy atom. The van der Waals surface area contributed by atoms with E-state index in [0.29, 0.717) is 0 Å². The zero-order valence-electron chi connectivity index (χ0n) is 8.06. The van der Waals surface area contributed by atoms with Gasteiger partial charge in [-0.2, -0.15) is 0 Å². The molecule has 0 aromatic carbocycles. The Morgan fingerprint density at radius 1 is 1.31 bits per heavy atom. The van der Waals surface area contributed by atoms with Crippen molar-refractivity contribution in [1.82, 2.24) is 9.80 Å². The minimum Gasteiger partial charge on any atom is -0.480 e. The van der Waals surface area contributed by atoms with E-state index in [1.807, 2.05) is 4.90 Å². The number of hydrogen-bond acceptors (Lipinski definition) is 3. The Morgan fingerprint density at radius 3 is 2.15 bits per heavy atom. The molecule has 0 radical (unpaired) electrons. The van der Waals surface area contributed by atoms with Gasteiger partial charge in [0.25, 0.3) is 0 Å². The molecule has 1 rings (SSSR count). The van der Waals surface area contributed by atoms with Crippen LogP contribution in [0.15, 0.2) is 0 Å². The van der Waals surface area contributed by atoms with Gasteiger partial charge >= 0.3 is 5.97 Å². The van der Waals surface area contributed by atoms with Crippen molar-refractivity contribution in [1.29, 1.82) is 0 Å². The number of piperazine rings is 1. The molecule has 1 atom stereocenters. The molecule has 0 bridgehead atoms. The van der Waals surface area contributed by atoms with Crippen LogP contribution in [0.4, 0.5) is 0 Å². The minimum atomic E-state index is -0.723. The number of rotatable bonds is 2. The third-order valence-electron chi connectivity index (χ3n) is 2.44. The number of carboxylic acid groups (broad SMARTS) is 1. The largest absolute Gasteiger partial charge is 0.480 e. The van der Waals surface area contributed by atoms with E-state index in [1.54, 1.807) is 6.92 Å². The summed E-state index contributed by atoms with van der Waals surface area (Å²) in [6, 6.07) is -0.335. The van der Waals surface area contributed by atoms with Crippen molar-refractivity contribution in [2.24, 2.45) is 0 Å². The van der Waals surface area contributed by atoms with Gasteiger partial charge in [0, 0.05) is 26.2 Å². The highest BCUT2D eigenvalue weighted by molar-refractivity contribution is 5.85. The van der Waals surface area contributed by atoms with Crippen LogP contribution in [0.2, 0.25) is 0 Å². The van der Waals surface area contributed by atoms with Crippen LogP contribution in [-0.4, -0.2) is 60.1 Å². The van der Waals surface area contributed by atoms with Gasteiger partial charge in [-0.3, -0.25) is 9.69 Å². The van der Waals surface area contributed by atoms with E-state index in [0.717, 1.165) is 26.2 Å². The standard InChI is InChI=1S/C8H16N2O2.ClH/c1-7(8(11)12)10-5-3-9(2)4-6-10;/h7H,3-6H2,1-2H3,(H,11,12);1H. The molecule has 0 amide bonds. The van der Waals surface area contributed by atoms with Gasteiger partial charge in [-0.15, -0.1) is 12.4 Å². The first-order chi connectivity index (χ1) is 5.61. The summed E-state index contributed by atoms with van der Waals surface area (Å²) in [6.45, 7) is 5.41.